The molecule has 0 radical (unpaired) electrons. The molecule has 0 bridgehead atoms. The number of carboxylic acids is 1. The van der Waals surface area contributed by atoms with Crippen LogP contribution in [0.2, 0.25) is 0 Å². The average molecular weight is 617 g/mol. The van der Waals surface area contributed by atoms with E-state index in [0.717, 1.165) is 64.2 Å². The highest BCUT2D eigenvalue weighted by atomic mass is 16.5. The van der Waals surface area contributed by atoms with Gasteiger partial charge in [0, 0.05) is 0 Å². The summed E-state index contributed by atoms with van der Waals surface area (Å²) in [5, 5.41) is 54.0. The van der Waals surface area contributed by atoms with Crippen molar-refractivity contribution < 1.29 is 35.1 Å². The van der Waals surface area contributed by atoms with E-state index in [0.29, 0.717) is 11.8 Å². The van der Waals surface area contributed by atoms with Gasteiger partial charge in [0.1, 0.15) is 24.4 Å². The number of carbonyl (C=O) groups is 1. The second-order valence-electron chi connectivity index (χ2n) is 18.4. The van der Waals surface area contributed by atoms with Gasteiger partial charge in [-0.1, -0.05) is 60.1 Å². The predicted molar refractivity (Wildman–Crippen MR) is 169 cm³/mol. The molecule has 250 valence electrons. The van der Waals surface area contributed by atoms with Crippen molar-refractivity contribution in [1.29, 1.82) is 0 Å². The van der Waals surface area contributed by atoms with Gasteiger partial charge in [0.2, 0.25) is 0 Å². The first kappa shape index (κ1) is 32.9. The van der Waals surface area contributed by atoms with Gasteiger partial charge in [0.05, 0.1) is 17.6 Å². The maximum absolute atomic E-state index is 12.9. The molecule has 5 N–H and O–H groups in total. The fourth-order valence-corrected chi connectivity index (χ4v) is 12.9. The van der Waals surface area contributed by atoms with Crippen molar-refractivity contribution in [3.05, 3.63) is 11.6 Å². The number of aliphatic hydroxyl groups is 4. The van der Waals surface area contributed by atoms with Crippen LogP contribution in [0.1, 0.15) is 120 Å². The van der Waals surface area contributed by atoms with Crippen LogP contribution in [0.4, 0.5) is 0 Å². The number of hydrogen-bond donors (Lipinski definition) is 5. The minimum Gasteiger partial charge on any atom is -0.481 e. The average Bonchev–Trinajstić information content (AvgIpc) is 2.93. The van der Waals surface area contributed by atoms with E-state index in [1.807, 2.05) is 0 Å². The second kappa shape index (κ2) is 10.3. The molecular formula is C37H60O7. The monoisotopic (exact) mass is 616 g/mol. The third-order valence-electron chi connectivity index (χ3n) is 15.8. The van der Waals surface area contributed by atoms with Crippen LogP contribution in [0.5, 0.6) is 0 Å². The number of aliphatic hydroxyl groups excluding tert-OH is 4. The summed E-state index contributed by atoms with van der Waals surface area (Å²) < 4.78 is 5.95. The molecule has 6 unspecified atom stereocenters. The standard InChI is InChI=1S/C37H60O7/c1-20-26(38)28(40)29(41)30(44-20)27(39)22-11-13-34(6)24(33(22,4)5)12-14-36(8)25(34)10-9-21-23-19-32(2,3)15-17-37(23,31(42)43)18-16-35(21,36)7/h9,20,22-30,38-41H,10-19H2,1-8H3,(H,42,43)/t20?,22-,23?,24?,25?,26+,27?,28?,29-,30-,34-,35+,36+,37-/m0/s1. The lowest BCUT2D eigenvalue weighted by Gasteiger charge is -2.71. The zero-order chi connectivity index (χ0) is 32.4. The van der Waals surface area contributed by atoms with Crippen molar-refractivity contribution in [3.63, 3.8) is 0 Å². The highest BCUT2D eigenvalue weighted by molar-refractivity contribution is 5.76. The van der Waals surface area contributed by atoms with Crippen molar-refractivity contribution in [2.45, 2.75) is 156 Å². The van der Waals surface area contributed by atoms with Crippen LogP contribution in [-0.2, 0) is 9.53 Å². The highest BCUT2D eigenvalue weighted by Gasteiger charge is 2.69. The summed E-state index contributed by atoms with van der Waals surface area (Å²) in [4.78, 5) is 12.9. The van der Waals surface area contributed by atoms with Crippen LogP contribution >= 0.6 is 0 Å². The number of hydrogen-bond acceptors (Lipinski definition) is 6. The summed E-state index contributed by atoms with van der Waals surface area (Å²) in [5.41, 5.74) is 0.817. The van der Waals surface area contributed by atoms with Gasteiger partial charge >= 0.3 is 5.97 Å². The molecule has 7 nitrogen and oxygen atoms in total. The Balaban J connectivity index is 1.32. The van der Waals surface area contributed by atoms with Gasteiger partial charge in [-0.2, -0.15) is 0 Å². The van der Waals surface area contributed by atoms with Gasteiger partial charge in [-0.3, -0.25) is 4.79 Å². The molecule has 14 atom stereocenters. The lowest BCUT2D eigenvalue weighted by atomic mass is 9.33. The van der Waals surface area contributed by atoms with E-state index < -0.39 is 48.0 Å². The summed E-state index contributed by atoms with van der Waals surface area (Å²) in [6.07, 6.45) is 5.37. The van der Waals surface area contributed by atoms with Crippen molar-refractivity contribution in [1.82, 2.24) is 0 Å². The molecular weight excluding hydrogens is 556 g/mol. The Labute approximate surface area is 264 Å². The molecule has 44 heavy (non-hydrogen) atoms. The fourth-order valence-electron chi connectivity index (χ4n) is 12.9. The molecule has 6 aliphatic rings. The van der Waals surface area contributed by atoms with E-state index in [9.17, 15) is 30.3 Å². The first-order valence-electron chi connectivity index (χ1n) is 17.6. The minimum atomic E-state index is -1.35. The summed E-state index contributed by atoms with van der Waals surface area (Å²) >= 11 is 0. The van der Waals surface area contributed by atoms with Gasteiger partial charge in [0.15, 0.2) is 0 Å². The normalized spacial score (nSPS) is 53.6. The number of allylic oxidation sites excluding steroid dienone is 2. The third kappa shape index (κ3) is 4.27. The van der Waals surface area contributed by atoms with Crippen LogP contribution in [0.3, 0.4) is 0 Å². The van der Waals surface area contributed by atoms with Crippen molar-refractivity contribution in [2.75, 3.05) is 0 Å². The molecule has 1 aliphatic heterocycles. The Kier molecular flexibility index (Phi) is 7.67. The maximum Gasteiger partial charge on any atom is 0.310 e. The first-order valence-corrected chi connectivity index (χ1v) is 17.6. The van der Waals surface area contributed by atoms with E-state index in [1.165, 1.54) is 5.57 Å². The maximum atomic E-state index is 12.9. The lowest BCUT2D eigenvalue weighted by molar-refractivity contribution is -0.260. The molecule has 5 fully saturated rings. The number of fused-ring (bicyclic) bond motifs is 7. The summed E-state index contributed by atoms with van der Waals surface area (Å²) in [6.45, 7) is 18.4. The van der Waals surface area contributed by atoms with E-state index in [-0.39, 0.29) is 38.9 Å². The Morgan fingerprint density at radius 2 is 1.52 bits per heavy atom. The van der Waals surface area contributed by atoms with Crippen molar-refractivity contribution in [3.8, 4) is 0 Å². The molecule has 0 spiro atoms. The topological polar surface area (TPSA) is 127 Å². The Morgan fingerprint density at radius 3 is 2.18 bits per heavy atom. The van der Waals surface area contributed by atoms with Crippen LogP contribution in [-0.4, -0.2) is 68.1 Å². The molecule has 0 aromatic carbocycles. The first-order chi connectivity index (χ1) is 20.3. The molecule has 0 aromatic rings. The zero-order valence-electron chi connectivity index (χ0n) is 28.5. The predicted octanol–water partition coefficient (Wildman–Crippen LogP) is 5.72. The largest absolute Gasteiger partial charge is 0.481 e. The number of carboxylic acid groups (broad SMARTS) is 1. The molecule has 5 aliphatic carbocycles. The Hall–Kier alpha value is -0.990. The highest BCUT2D eigenvalue weighted by Crippen LogP contribution is 2.76. The fraction of sp³-hybridized carbons (Fsp3) is 0.919. The van der Waals surface area contributed by atoms with Crippen LogP contribution in [0, 0.1) is 56.2 Å². The third-order valence-corrected chi connectivity index (χ3v) is 15.8. The zero-order valence-corrected chi connectivity index (χ0v) is 28.5. The SMILES string of the molecule is CC1O[C@@H](C(O)[C@@H]2CC[C@@]3(C)C(CC[C@]4(C)C3CC=C3C5CC(C)(C)CC[C@]5(C(=O)O)CC[C@]34C)C2(C)C)[C@@H](O)C(O)[C@@H]1O. The van der Waals surface area contributed by atoms with E-state index in [2.05, 4.69) is 54.5 Å². The Morgan fingerprint density at radius 1 is 0.864 bits per heavy atom. The van der Waals surface area contributed by atoms with Gasteiger partial charge < -0.3 is 30.3 Å². The van der Waals surface area contributed by atoms with Crippen LogP contribution in [0.25, 0.3) is 0 Å². The van der Waals surface area contributed by atoms with Crippen molar-refractivity contribution >= 4 is 5.97 Å². The quantitative estimate of drug-likeness (QED) is 0.257. The molecule has 7 heteroatoms. The second-order valence-corrected chi connectivity index (χ2v) is 18.4. The van der Waals surface area contributed by atoms with Gasteiger partial charge in [-0.25, -0.2) is 0 Å². The van der Waals surface area contributed by atoms with E-state index in [4.69, 9.17) is 4.74 Å². The van der Waals surface area contributed by atoms with E-state index >= 15 is 0 Å². The summed E-state index contributed by atoms with van der Waals surface area (Å²) in [7, 11) is 0. The van der Waals surface area contributed by atoms with Gasteiger partial charge in [-0.05, 0) is 122 Å². The van der Waals surface area contributed by atoms with Crippen LogP contribution < -0.4 is 0 Å². The number of rotatable bonds is 3. The summed E-state index contributed by atoms with van der Waals surface area (Å²) in [6, 6.07) is 0. The van der Waals surface area contributed by atoms with E-state index in [1.54, 1.807) is 6.92 Å². The number of ether oxygens (including phenoxy) is 1. The molecule has 1 saturated heterocycles. The Bertz CT molecular complexity index is 1190. The number of aliphatic carboxylic acids is 1. The molecule has 0 aromatic heterocycles. The van der Waals surface area contributed by atoms with Crippen molar-refractivity contribution in [2.24, 2.45) is 56.2 Å². The molecule has 1 heterocycles. The lowest BCUT2D eigenvalue weighted by Crippen LogP contribution is -2.66. The molecule has 6 rings (SSSR count). The smallest absolute Gasteiger partial charge is 0.310 e. The van der Waals surface area contributed by atoms with Gasteiger partial charge in [0.25, 0.3) is 0 Å². The van der Waals surface area contributed by atoms with Crippen LogP contribution in [0.15, 0.2) is 11.6 Å². The summed E-state index contributed by atoms with van der Waals surface area (Å²) in [5.74, 6) is 0.225. The molecule has 4 saturated carbocycles. The van der Waals surface area contributed by atoms with Gasteiger partial charge in [-0.15, -0.1) is 0 Å². The minimum absolute atomic E-state index is 0.0331. The molecule has 0 amide bonds.